The van der Waals surface area contributed by atoms with E-state index in [0.29, 0.717) is 11.5 Å². The minimum Gasteiger partial charge on any atom is -0.455 e. The van der Waals surface area contributed by atoms with Crippen LogP contribution in [0.25, 0.3) is 99.5 Å². The van der Waals surface area contributed by atoms with E-state index < -0.39 is 9.84 Å². The number of aromatic nitrogens is 2. The Morgan fingerprint density at radius 2 is 0.700 bits per heavy atom. The normalized spacial score (nSPS) is 13.4. The topological polar surface area (TPSA) is 53.2 Å². The largest absolute Gasteiger partial charge is 0.455 e. The van der Waals surface area contributed by atoms with Crippen molar-refractivity contribution < 1.29 is 13.2 Å². The van der Waals surface area contributed by atoms with Gasteiger partial charge in [0.05, 0.1) is 22.1 Å². The summed E-state index contributed by atoms with van der Waals surface area (Å²) in [5.41, 5.74) is 14.4. The standard InChI is InChI=1S/C54H32N2O3S/c57-60(58)53-24-12-11-23-51(53)59-52-31-45-36-14-2-1-13-35(36)37-27-25-33(55-47-19-7-3-15-39(47)40-16-4-8-20-48(40)55)29-43(37)44-30-34(26-28-38(44)46(45)32-54(52)60)56-49-21-9-5-17-41(49)42-18-6-10-22-50(42)56/h1-32H. The number of hydrogen-bond acceptors (Lipinski definition) is 3. The molecule has 0 unspecified atom stereocenters. The fraction of sp³-hybridized carbons (Fsp3) is 0. The van der Waals surface area contributed by atoms with E-state index in [-0.39, 0.29) is 9.79 Å². The number of para-hydroxylation sites is 5. The maximum absolute atomic E-state index is 14.5. The number of fused-ring (bicyclic) bond motifs is 16. The molecule has 0 atom stereocenters. The Morgan fingerprint density at radius 1 is 0.317 bits per heavy atom. The molecule has 1 aliphatic heterocycles. The summed E-state index contributed by atoms with van der Waals surface area (Å²) >= 11 is 0. The lowest BCUT2D eigenvalue weighted by atomic mass is 9.80. The van der Waals surface area contributed by atoms with Gasteiger partial charge in [-0.3, -0.25) is 0 Å². The molecule has 0 amide bonds. The molecule has 0 saturated heterocycles. The van der Waals surface area contributed by atoms with Gasteiger partial charge >= 0.3 is 0 Å². The maximum atomic E-state index is 14.5. The van der Waals surface area contributed by atoms with Crippen molar-refractivity contribution in [2.24, 2.45) is 0 Å². The molecule has 6 heteroatoms. The summed E-state index contributed by atoms with van der Waals surface area (Å²) in [5.74, 6) is 0.663. The van der Waals surface area contributed by atoms with Gasteiger partial charge in [-0.1, -0.05) is 121 Å². The van der Waals surface area contributed by atoms with Crippen molar-refractivity contribution in [1.29, 1.82) is 0 Å². The first-order valence-corrected chi connectivity index (χ1v) is 21.6. The van der Waals surface area contributed by atoms with E-state index in [4.69, 9.17) is 4.74 Å². The zero-order valence-electron chi connectivity index (χ0n) is 32.0. The van der Waals surface area contributed by atoms with E-state index in [2.05, 4.69) is 167 Å². The molecule has 5 nitrogen and oxygen atoms in total. The van der Waals surface area contributed by atoms with Crippen molar-refractivity contribution >= 4 is 53.4 Å². The van der Waals surface area contributed by atoms with E-state index in [9.17, 15) is 8.42 Å². The van der Waals surface area contributed by atoms with Crippen LogP contribution in [0, 0.1) is 0 Å². The molecule has 9 aromatic carbocycles. The molecule has 0 radical (unpaired) electrons. The fourth-order valence-corrected chi connectivity index (χ4v) is 11.4. The molecule has 0 N–H and O–H groups in total. The first kappa shape index (κ1) is 33.3. The first-order valence-electron chi connectivity index (χ1n) is 20.1. The van der Waals surface area contributed by atoms with Gasteiger partial charge in [0.2, 0.25) is 9.84 Å². The van der Waals surface area contributed by atoms with Crippen LogP contribution >= 0.6 is 0 Å². The van der Waals surface area contributed by atoms with Gasteiger partial charge in [-0.05, 0) is 117 Å². The van der Waals surface area contributed by atoms with Crippen molar-refractivity contribution in [3.63, 3.8) is 0 Å². The lowest BCUT2D eigenvalue weighted by molar-refractivity contribution is 0.443. The Hall–Kier alpha value is -7.67. The SMILES string of the molecule is O=S1(=O)c2ccccc2Oc2cc3c(cc21)-c1ccc(-n2c4ccccc4c4ccccc42)cc1-c1cc(-n2c4ccccc4c4ccccc42)ccc1-c1ccccc1-3. The molecule has 0 bridgehead atoms. The molecule has 11 aromatic rings. The highest BCUT2D eigenvalue weighted by Crippen LogP contribution is 2.53. The highest BCUT2D eigenvalue weighted by atomic mass is 32.2. The van der Waals surface area contributed by atoms with E-state index in [1.54, 1.807) is 24.3 Å². The smallest absolute Gasteiger partial charge is 0.213 e. The Morgan fingerprint density at radius 3 is 1.23 bits per heavy atom. The molecule has 60 heavy (non-hydrogen) atoms. The number of hydrogen-bond donors (Lipinski definition) is 0. The highest BCUT2D eigenvalue weighted by molar-refractivity contribution is 7.91. The maximum Gasteiger partial charge on any atom is 0.213 e. The molecule has 3 heterocycles. The molecule has 282 valence electrons. The van der Waals surface area contributed by atoms with Gasteiger partial charge < -0.3 is 13.9 Å². The van der Waals surface area contributed by atoms with Crippen molar-refractivity contribution in [2.75, 3.05) is 0 Å². The summed E-state index contributed by atoms with van der Waals surface area (Å²) in [5, 5.41) is 4.77. The lowest BCUT2D eigenvalue weighted by Gasteiger charge is -2.27. The predicted octanol–water partition coefficient (Wildman–Crippen LogP) is 13.8. The van der Waals surface area contributed by atoms with E-state index >= 15 is 0 Å². The molecule has 2 aromatic heterocycles. The Bertz CT molecular complexity index is 3670. The van der Waals surface area contributed by atoms with Gasteiger partial charge in [0, 0.05) is 32.9 Å². The third kappa shape index (κ3) is 4.54. The van der Waals surface area contributed by atoms with Crippen LogP contribution in [0.5, 0.6) is 11.5 Å². The van der Waals surface area contributed by atoms with Crippen molar-refractivity contribution in [1.82, 2.24) is 9.13 Å². The van der Waals surface area contributed by atoms with Crippen LogP contribution in [0.4, 0.5) is 0 Å². The summed E-state index contributed by atoms with van der Waals surface area (Å²) in [6.07, 6.45) is 0. The van der Waals surface area contributed by atoms with Crippen LogP contribution in [0.1, 0.15) is 0 Å². The van der Waals surface area contributed by atoms with Crippen molar-refractivity contribution in [3.05, 3.63) is 194 Å². The summed E-state index contributed by atoms with van der Waals surface area (Å²) in [4.78, 5) is 0.335. The summed E-state index contributed by atoms with van der Waals surface area (Å²) < 4.78 is 40.0. The predicted molar refractivity (Wildman–Crippen MR) is 242 cm³/mol. The summed E-state index contributed by atoms with van der Waals surface area (Å²) in [7, 11) is -3.90. The van der Waals surface area contributed by atoms with Gasteiger partial charge in [0.25, 0.3) is 0 Å². The Kier molecular flexibility index (Phi) is 6.76. The quantitative estimate of drug-likeness (QED) is 0.175. The van der Waals surface area contributed by atoms with Crippen LogP contribution in [0.3, 0.4) is 0 Å². The Labute approximate surface area is 345 Å². The van der Waals surface area contributed by atoms with Crippen molar-refractivity contribution in [3.8, 4) is 67.4 Å². The molecule has 0 spiro atoms. The molecule has 0 saturated carbocycles. The molecule has 0 fully saturated rings. The summed E-state index contributed by atoms with van der Waals surface area (Å²) in [6, 6.07) is 66.8. The number of nitrogens with zero attached hydrogens (tertiary/aromatic N) is 2. The zero-order chi connectivity index (χ0) is 39.7. The number of benzene rings is 9. The van der Waals surface area contributed by atoms with E-state index in [1.165, 1.54) is 21.5 Å². The molecule has 2 aliphatic rings. The average molecular weight is 789 g/mol. The van der Waals surface area contributed by atoms with Gasteiger partial charge in [0.15, 0.2) is 0 Å². The van der Waals surface area contributed by atoms with Crippen LogP contribution < -0.4 is 4.74 Å². The average Bonchev–Trinajstić information content (AvgIpc) is 3.81. The van der Waals surface area contributed by atoms with Crippen LogP contribution in [0.15, 0.2) is 204 Å². The second-order valence-corrected chi connectivity index (χ2v) is 17.5. The lowest BCUT2D eigenvalue weighted by Crippen LogP contribution is -2.12. The van der Waals surface area contributed by atoms with Crippen LogP contribution in [0.2, 0.25) is 0 Å². The minimum absolute atomic E-state index is 0.162. The Balaban J connectivity index is 1.15. The fourth-order valence-electron chi connectivity index (χ4n) is 9.90. The number of rotatable bonds is 2. The molecule has 13 rings (SSSR count). The van der Waals surface area contributed by atoms with Gasteiger partial charge in [-0.25, -0.2) is 8.42 Å². The second kappa shape index (κ2) is 12.2. The van der Waals surface area contributed by atoms with E-state index in [1.807, 2.05) is 12.1 Å². The third-order valence-corrected chi connectivity index (χ3v) is 14.3. The summed E-state index contributed by atoms with van der Waals surface area (Å²) in [6.45, 7) is 0. The van der Waals surface area contributed by atoms with E-state index in [0.717, 1.165) is 77.9 Å². The van der Waals surface area contributed by atoms with Crippen LogP contribution in [-0.2, 0) is 9.84 Å². The monoisotopic (exact) mass is 788 g/mol. The minimum atomic E-state index is -3.90. The first-order chi connectivity index (χ1) is 29.5. The van der Waals surface area contributed by atoms with Gasteiger partial charge in [-0.2, -0.15) is 0 Å². The second-order valence-electron chi connectivity index (χ2n) is 15.6. The van der Waals surface area contributed by atoms with Crippen LogP contribution in [-0.4, -0.2) is 17.6 Å². The van der Waals surface area contributed by atoms with Crippen molar-refractivity contribution in [2.45, 2.75) is 9.79 Å². The van der Waals surface area contributed by atoms with Gasteiger partial charge in [0.1, 0.15) is 21.3 Å². The molecular weight excluding hydrogens is 757 g/mol. The third-order valence-electron chi connectivity index (χ3n) is 12.5. The van der Waals surface area contributed by atoms with Gasteiger partial charge in [-0.15, -0.1) is 0 Å². The highest BCUT2D eigenvalue weighted by Gasteiger charge is 2.34. The molecular formula is C54H32N2O3S. The molecule has 1 aliphatic carbocycles. The zero-order valence-corrected chi connectivity index (χ0v) is 32.8. The number of sulfone groups is 1. The number of ether oxygens (including phenoxy) is 1.